The number of carbonyl (C=O) groups is 1. The van der Waals surface area contributed by atoms with Gasteiger partial charge in [-0.3, -0.25) is 4.79 Å². The normalized spacial score (nSPS) is 9.79. The molecule has 0 fully saturated rings. The van der Waals surface area contributed by atoms with Crippen LogP contribution in [0.2, 0.25) is 0 Å². The lowest BCUT2D eigenvalue weighted by Gasteiger charge is -2.02. The Balaban J connectivity index is 2.41. The maximum Gasteiger partial charge on any atom is 0.316 e. The van der Waals surface area contributed by atoms with Crippen LogP contribution in [0, 0.1) is 0 Å². The van der Waals surface area contributed by atoms with Gasteiger partial charge >= 0.3 is 5.97 Å². The third-order valence-corrected chi connectivity index (χ3v) is 2.45. The molecule has 0 aromatic heterocycles. The SMILES string of the molecule is CCOC(=O)CSc1cccc(O)c1. The first-order valence-electron chi connectivity index (χ1n) is 4.30. The first kappa shape index (κ1) is 10.9. The van der Waals surface area contributed by atoms with Gasteiger partial charge in [0.15, 0.2) is 0 Å². The number of benzene rings is 1. The average Bonchev–Trinajstić information content (AvgIpc) is 2.15. The lowest BCUT2D eigenvalue weighted by atomic mass is 10.3. The number of esters is 1. The number of phenols is 1. The Bertz CT molecular complexity index is 312. The minimum absolute atomic E-state index is 0.207. The number of aromatic hydroxyl groups is 1. The van der Waals surface area contributed by atoms with Crippen molar-refractivity contribution in [2.45, 2.75) is 11.8 Å². The molecule has 1 aromatic carbocycles. The minimum atomic E-state index is -0.235. The number of thioether (sulfide) groups is 1. The molecule has 0 aliphatic carbocycles. The molecule has 3 nitrogen and oxygen atoms in total. The van der Waals surface area contributed by atoms with Crippen molar-refractivity contribution in [1.29, 1.82) is 0 Å². The molecule has 76 valence electrons. The molecule has 1 rings (SSSR count). The molecule has 4 heteroatoms. The zero-order valence-electron chi connectivity index (χ0n) is 7.90. The quantitative estimate of drug-likeness (QED) is 0.613. The maximum absolute atomic E-state index is 11.0. The number of hydrogen-bond donors (Lipinski definition) is 1. The molecule has 0 aliphatic rings. The second kappa shape index (κ2) is 5.54. The summed E-state index contributed by atoms with van der Waals surface area (Å²) in [5.41, 5.74) is 0. The van der Waals surface area contributed by atoms with E-state index >= 15 is 0 Å². The van der Waals surface area contributed by atoms with E-state index in [-0.39, 0.29) is 17.5 Å². The van der Waals surface area contributed by atoms with Crippen molar-refractivity contribution in [3.8, 4) is 5.75 Å². The third kappa shape index (κ3) is 3.70. The van der Waals surface area contributed by atoms with Gasteiger partial charge in [0.2, 0.25) is 0 Å². The van der Waals surface area contributed by atoms with Crippen LogP contribution < -0.4 is 0 Å². The van der Waals surface area contributed by atoms with Crippen LogP contribution in [0.25, 0.3) is 0 Å². The molecule has 0 aliphatic heterocycles. The van der Waals surface area contributed by atoms with Crippen LogP contribution in [-0.2, 0) is 9.53 Å². The molecule has 0 radical (unpaired) electrons. The maximum atomic E-state index is 11.0. The summed E-state index contributed by atoms with van der Waals surface area (Å²) in [7, 11) is 0. The standard InChI is InChI=1S/C10H12O3S/c1-2-13-10(12)7-14-9-5-3-4-8(11)6-9/h3-6,11H,2,7H2,1H3. The fraction of sp³-hybridized carbons (Fsp3) is 0.300. The lowest BCUT2D eigenvalue weighted by molar-refractivity contribution is -0.139. The largest absolute Gasteiger partial charge is 0.508 e. The molecule has 0 unspecified atom stereocenters. The van der Waals surface area contributed by atoms with Gasteiger partial charge in [-0.05, 0) is 25.1 Å². The van der Waals surface area contributed by atoms with E-state index < -0.39 is 0 Å². The highest BCUT2D eigenvalue weighted by Crippen LogP contribution is 2.21. The van der Waals surface area contributed by atoms with E-state index in [2.05, 4.69) is 0 Å². The molecular weight excluding hydrogens is 200 g/mol. The zero-order valence-corrected chi connectivity index (χ0v) is 8.71. The zero-order chi connectivity index (χ0) is 10.4. The van der Waals surface area contributed by atoms with Gasteiger partial charge in [-0.15, -0.1) is 11.8 Å². The highest BCUT2D eigenvalue weighted by molar-refractivity contribution is 8.00. The van der Waals surface area contributed by atoms with Gasteiger partial charge in [-0.25, -0.2) is 0 Å². The van der Waals surface area contributed by atoms with E-state index in [4.69, 9.17) is 9.84 Å². The van der Waals surface area contributed by atoms with E-state index in [0.29, 0.717) is 6.61 Å². The molecular formula is C10H12O3S. The molecule has 0 spiro atoms. The highest BCUT2D eigenvalue weighted by Gasteiger charge is 2.02. The molecule has 0 heterocycles. The molecule has 1 aromatic rings. The topological polar surface area (TPSA) is 46.5 Å². The van der Waals surface area contributed by atoms with Crippen molar-refractivity contribution in [3.63, 3.8) is 0 Å². The van der Waals surface area contributed by atoms with E-state index in [9.17, 15) is 4.79 Å². The van der Waals surface area contributed by atoms with Crippen molar-refractivity contribution in [2.24, 2.45) is 0 Å². The summed E-state index contributed by atoms with van der Waals surface area (Å²) in [6.07, 6.45) is 0. The predicted octanol–water partition coefficient (Wildman–Crippen LogP) is 2.05. The molecule has 14 heavy (non-hydrogen) atoms. The lowest BCUT2D eigenvalue weighted by Crippen LogP contribution is -2.06. The molecule has 0 atom stereocenters. The highest BCUT2D eigenvalue weighted by atomic mass is 32.2. The fourth-order valence-corrected chi connectivity index (χ4v) is 1.66. The Morgan fingerprint density at radius 1 is 1.57 bits per heavy atom. The second-order valence-electron chi connectivity index (χ2n) is 2.59. The van der Waals surface area contributed by atoms with E-state index in [1.807, 2.05) is 6.07 Å². The van der Waals surface area contributed by atoms with Crippen LogP contribution in [0.3, 0.4) is 0 Å². The molecule has 0 saturated heterocycles. The van der Waals surface area contributed by atoms with Crippen LogP contribution in [0.1, 0.15) is 6.92 Å². The Morgan fingerprint density at radius 2 is 2.36 bits per heavy atom. The smallest absolute Gasteiger partial charge is 0.316 e. The number of rotatable bonds is 4. The summed E-state index contributed by atoms with van der Waals surface area (Å²) in [5, 5.41) is 9.15. The Morgan fingerprint density at radius 3 is 3.00 bits per heavy atom. The molecule has 1 N–H and O–H groups in total. The van der Waals surface area contributed by atoms with Crippen molar-refractivity contribution >= 4 is 17.7 Å². The summed E-state index contributed by atoms with van der Waals surface area (Å²) in [6.45, 7) is 2.18. The average molecular weight is 212 g/mol. The van der Waals surface area contributed by atoms with E-state index in [1.54, 1.807) is 25.1 Å². The van der Waals surface area contributed by atoms with Crippen molar-refractivity contribution in [3.05, 3.63) is 24.3 Å². The molecule has 0 bridgehead atoms. The summed E-state index contributed by atoms with van der Waals surface area (Å²) in [5.74, 6) is 0.247. The monoisotopic (exact) mass is 212 g/mol. The number of hydrogen-bond acceptors (Lipinski definition) is 4. The third-order valence-electron chi connectivity index (χ3n) is 1.48. The van der Waals surface area contributed by atoms with Gasteiger partial charge in [-0.2, -0.15) is 0 Å². The van der Waals surface area contributed by atoms with Crippen LogP contribution in [0.5, 0.6) is 5.75 Å². The first-order chi connectivity index (χ1) is 6.72. The molecule has 0 saturated carbocycles. The Hall–Kier alpha value is -1.16. The summed E-state index contributed by atoms with van der Waals surface area (Å²) < 4.78 is 4.77. The van der Waals surface area contributed by atoms with Gasteiger partial charge in [0.1, 0.15) is 5.75 Å². The van der Waals surface area contributed by atoms with Crippen molar-refractivity contribution in [2.75, 3.05) is 12.4 Å². The fourth-order valence-electron chi connectivity index (χ4n) is 0.918. The van der Waals surface area contributed by atoms with Gasteiger partial charge in [0.25, 0.3) is 0 Å². The Kier molecular flexibility index (Phi) is 4.32. The van der Waals surface area contributed by atoms with Crippen LogP contribution in [0.15, 0.2) is 29.2 Å². The van der Waals surface area contributed by atoms with Gasteiger partial charge < -0.3 is 9.84 Å². The van der Waals surface area contributed by atoms with Crippen molar-refractivity contribution < 1.29 is 14.6 Å². The van der Waals surface area contributed by atoms with E-state index in [1.165, 1.54) is 11.8 Å². The number of ether oxygens (including phenoxy) is 1. The predicted molar refractivity (Wildman–Crippen MR) is 55.5 cm³/mol. The minimum Gasteiger partial charge on any atom is -0.508 e. The van der Waals surface area contributed by atoms with Gasteiger partial charge in [-0.1, -0.05) is 6.07 Å². The Labute approximate surface area is 87.1 Å². The number of carbonyl (C=O) groups excluding carboxylic acids is 1. The summed E-state index contributed by atoms with van der Waals surface area (Å²) in [6, 6.07) is 6.78. The first-order valence-corrected chi connectivity index (χ1v) is 5.28. The van der Waals surface area contributed by atoms with Gasteiger partial charge in [0, 0.05) is 4.90 Å². The number of phenolic OH excluding ortho intramolecular Hbond substituents is 1. The van der Waals surface area contributed by atoms with E-state index in [0.717, 1.165) is 4.90 Å². The summed E-state index contributed by atoms with van der Waals surface area (Å²) in [4.78, 5) is 11.9. The van der Waals surface area contributed by atoms with Crippen LogP contribution >= 0.6 is 11.8 Å². The van der Waals surface area contributed by atoms with Crippen LogP contribution in [-0.4, -0.2) is 23.4 Å². The second-order valence-corrected chi connectivity index (χ2v) is 3.64. The summed E-state index contributed by atoms with van der Waals surface area (Å²) >= 11 is 1.35. The van der Waals surface area contributed by atoms with Crippen molar-refractivity contribution in [1.82, 2.24) is 0 Å². The van der Waals surface area contributed by atoms with Gasteiger partial charge in [0.05, 0.1) is 12.4 Å². The molecule has 0 amide bonds. The van der Waals surface area contributed by atoms with Crippen LogP contribution in [0.4, 0.5) is 0 Å².